The van der Waals surface area contributed by atoms with Gasteiger partial charge in [-0.2, -0.15) is 0 Å². The predicted octanol–water partition coefficient (Wildman–Crippen LogP) is 1.76. The summed E-state index contributed by atoms with van der Waals surface area (Å²) < 4.78 is 16.5. The van der Waals surface area contributed by atoms with Crippen LogP contribution in [-0.2, 0) is 0 Å². The maximum atomic E-state index is 12.8. The van der Waals surface area contributed by atoms with Crippen LogP contribution in [0.2, 0.25) is 0 Å². The first-order chi connectivity index (χ1) is 6.77. The van der Waals surface area contributed by atoms with Gasteiger partial charge in [0.05, 0.1) is 11.1 Å². The van der Waals surface area contributed by atoms with Gasteiger partial charge in [-0.3, -0.25) is 0 Å². The van der Waals surface area contributed by atoms with Gasteiger partial charge in [-0.25, -0.2) is 4.39 Å². The number of benzene rings is 1. The molecule has 1 aromatic carbocycles. The standard InChI is InChI=1S/C9H7FN2OS/c10-7-3-1-2-6(4-7)9(13)8-5-11-12-14-8/h1-5,9,13H. The molecular formula is C9H7FN2OS. The minimum Gasteiger partial charge on any atom is -0.383 e. The molecule has 1 N–H and O–H groups in total. The number of nitrogens with zero attached hydrogens (tertiary/aromatic N) is 2. The SMILES string of the molecule is OC(c1cccc(F)c1)c1cnns1. The Morgan fingerprint density at radius 2 is 2.29 bits per heavy atom. The zero-order valence-electron chi connectivity index (χ0n) is 7.09. The van der Waals surface area contributed by atoms with E-state index in [1.54, 1.807) is 12.1 Å². The molecule has 0 spiro atoms. The molecule has 5 heteroatoms. The Morgan fingerprint density at radius 1 is 1.43 bits per heavy atom. The van der Waals surface area contributed by atoms with Crippen molar-refractivity contribution in [3.05, 3.63) is 46.7 Å². The average molecular weight is 210 g/mol. The fourth-order valence-corrected chi connectivity index (χ4v) is 1.65. The molecule has 0 aliphatic rings. The van der Waals surface area contributed by atoms with Crippen molar-refractivity contribution in [2.45, 2.75) is 6.10 Å². The zero-order valence-corrected chi connectivity index (χ0v) is 7.91. The topological polar surface area (TPSA) is 46.0 Å². The third kappa shape index (κ3) is 1.78. The highest BCUT2D eigenvalue weighted by Gasteiger charge is 2.12. The van der Waals surface area contributed by atoms with E-state index in [0.717, 1.165) is 11.5 Å². The molecule has 1 atom stereocenters. The second-order valence-corrected chi connectivity index (χ2v) is 3.59. The highest BCUT2D eigenvalue weighted by Crippen LogP contribution is 2.23. The average Bonchev–Trinajstić information content (AvgIpc) is 2.69. The van der Waals surface area contributed by atoms with Crippen molar-refractivity contribution in [1.82, 2.24) is 9.59 Å². The van der Waals surface area contributed by atoms with Gasteiger partial charge in [0, 0.05) is 0 Å². The summed E-state index contributed by atoms with van der Waals surface area (Å²) in [5, 5.41) is 13.4. The number of aliphatic hydroxyl groups excluding tert-OH is 1. The number of halogens is 1. The Morgan fingerprint density at radius 3 is 2.93 bits per heavy atom. The van der Waals surface area contributed by atoms with Crippen LogP contribution in [0.1, 0.15) is 16.5 Å². The van der Waals surface area contributed by atoms with Gasteiger partial charge in [0.15, 0.2) is 0 Å². The van der Waals surface area contributed by atoms with Crippen LogP contribution in [0.15, 0.2) is 30.5 Å². The van der Waals surface area contributed by atoms with Crippen molar-refractivity contribution in [3.63, 3.8) is 0 Å². The molecular weight excluding hydrogens is 203 g/mol. The molecule has 0 aliphatic carbocycles. The van der Waals surface area contributed by atoms with Gasteiger partial charge in [0.25, 0.3) is 0 Å². The number of hydrogen-bond acceptors (Lipinski definition) is 4. The van der Waals surface area contributed by atoms with Crippen molar-refractivity contribution in [2.75, 3.05) is 0 Å². The van der Waals surface area contributed by atoms with Crippen molar-refractivity contribution in [3.8, 4) is 0 Å². The van der Waals surface area contributed by atoms with E-state index in [4.69, 9.17) is 0 Å². The first-order valence-electron chi connectivity index (χ1n) is 3.98. The van der Waals surface area contributed by atoms with Crippen molar-refractivity contribution in [1.29, 1.82) is 0 Å². The molecule has 0 fully saturated rings. The van der Waals surface area contributed by atoms with Crippen LogP contribution in [-0.4, -0.2) is 14.7 Å². The number of hydrogen-bond donors (Lipinski definition) is 1. The highest BCUT2D eigenvalue weighted by atomic mass is 32.1. The van der Waals surface area contributed by atoms with Gasteiger partial charge in [0.2, 0.25) is 0 Å². The summed E-state index contributed by atoms with van der Waals surface area (Å²) in [4.78, 5) is 0.607. The Hall–Kier alpha value is -1.33. The Kier molecular flexibility index (Phi) is 2.51. The van der Waals surface area contributed by atoms with Crippen LogP contribution in [0.4, 0.5) is 4.39 Å². The van der Waals surface area contributed by atoms with Crippen molar-refractivity contribution >= 4 is 11.5 Å². The van der Waals surface area contributed by atoms with Gasteiger partial charge < -0.3 is 5.11 Å². The molecule has 3 nitrogen and oxygen atoms in total. The third-order valence-electron chi connectivity index (χ3n) is 1.81. The molecule has 0 radical (unpaired) electrons. The molecule has 1 aromatic heterocycles. The van der Waals surface area contributed by atoms with Gasteiger partial charge in [-0.05, 0) is 29.2 Å². The summed E-state index contributed by atoms with van der Waals surface area (Å²) in [5.41, 5.74) is 0.510. The second kappa shape index (κ2) is 3.81. The smallest absolute Gasteiger partial charge is 0.123 e. The first-order valence-corrected chi connectivity index (χ1v) is 4.75. The summed E-state index contributed by atoms with van der Waals surface area (Å²) >= 11 is 1.10. The molecule has 2 rings (SSSR count). The van der Waals surface area contributed by atoms with E-state index in [2.05, 4.69) is 9.59 Å². The van der Waals surface area contributed by atoms with Crippen LogP contribution < -0.4 is 0 Å². The molecule has 0 saturated heterocycles. The number of aromatic nitrogens is 2. The summed E-state index contributed by atoms with van der Waals surface area (Å²) in [6.07, 6.45) is 0.631. The largest absolute Gasteiger partial charge is 0.383 e. The molecule has 2 aromatic rings. The van der Waals surface area contributed by atoms with Crippen LogP contribution in [0.5, 0.6) is 0 Å². The van der Waals surface area contributed by atoms with Crippen LogP contribution in [0.3, 0.4) is 0 Å². The van der Waals surface area contributed by atoms with Gasteiger partial charge in [0.1, 0.15) is 11.9 Å². The molecule has 0 bridgehead atoms. The van der Waals surface area contributed by atoms with Crippen molar-refractivity contribution in [2.24, 2.45) is 0 Å². The quantitative estimate of drug-likeness (QED) is 0.821. The minimum absolute atomic E-state index is 0.362. The molecule has 14 heavy (non-hydrogen) atoms. The zero-order chi connectivity index (χ0) is 9.97. The van der Waals surface area contributed by atoms with Gasteiger partial charge in [-0.15, -0.1) is 5.10 Å². The van der Waals surface area contributed by atoms with Crippen LogP contribution in [0.25, 0.3) is 0 Å². The lowest BCUT2D eigenvalue weighted by Crippen LogP contribution is -1.97. The van der Waals surface area contributed by atoms with E-state index in [9.17, 15) is 9.50 Å². The van der Waals surface area contributed by atoms with E-state index < -0.39 is 6.10 Å². The summed E-state index contributed by atoms with van der Waals surface area (Å²) in [5.74, 6) is -0.362. The Balaban J connectivity index is 2.32. The van der Waals surface area contributed by atoms with E-state index in [0.29, 0.717) is 10.4 Å². The molecule has 0 aliphatic heterocycles. The monoisotopic (exact) mass is 210 g/mol. The lowest BCUT2D eigenvalue weighted by molar-refractivity contribution is 0.223. The second-order valence-electron chi connectivity index (χ2n) is 2.78. The Bertz CT molecular complexity index is 419. The van der Waals surface area contributed by atoms with Crippen LogP contribution >= 0.6 is 11.5 Å². The van der Waals surface area contributed by atoms with Crippen molar-refractivity contribution < 1.29 is 9.50 Å². The van der Waals surface area contributed by atoms with E-state index in [1.807, 2.05) is 0 Å². The summed E-state index contributed by atoms with van der Waals surface area (Å²) in [6.45, 7) is 0. The molecule has 0 saturated carbocycles. The summed E-state index contributed by atoms with van der Waals surface area (Å²) in [6, 6.07) is 5.85. The predicted molar refractivity (Wildman–Crippen MR) is 50.4 cm³/mol. The molecule has 72 valence electrons. The van der Waals surface area contributed by atoms with E-state index in [1.165, 1.54) is 18.3 Å². The molecule has 1 heterocycles. The fraction of sp³-hybridized carbons (Fsp3) is 0.111. The highest BCUT2D eigenvalue weighted by molar-refractivity contribution is 7.05. The van der Waals surface area contributed by atoms with E-state index in [-0.39, 0.29) is 5.82 Å². The maximum Gasteiger partial charge on any atom is 0.123 e. The Labute approximate surface area is 84.0 Å². The molecule has 0 amide bonds. The minimum atomic E-state index is -0.842. The molecule has 1 unspecified atom stereocenters. The fourth-order valence-electron chi connectivity index (χ4n) is 1.14. The van der Waals surface area contributed by atoms with Gasteiger partial charge >= 0.3 is 0 Å². The maximum absolute atomic E-state index is 12.8. The van der Waals surface area contributed by atoms with E-state index >= 15 is 0 Å². The number of rotatable bonds is 2. The lowest BCUT2D eigenvalue weighted by Gasteiger charge is -2.06. The lowest BCUT2D eigenvalue weighted by atomic mass is 10.1. The number of aliphatic hydroxyl groups is 1. The normalized spacial score (nSPS) is 12.7. The first kappa shape index (κ1) is 9.23. The van der Waals surface area contributed by atoms with Gasteiger partial charge in [-0.1, -0.05) is 16.6 Å². The van der Waals surface area contributed by atoms with Crippen LogP contribution in [0, 0.1) is 5.82 Å². The summed E-state index contributed by atoms with van der Waals surface area (Å²) in [7, 11) is 0. The third-order valence-corrected chi connectivity index (χ3v) is 2.53.